The average Bonchev–Trinajstić information content (AvgIpc) is 2.76. The minimum Gasteiger partial charge on any atom is -0.309 e. The smallest absolute Gasteiger partial charge is 0.225 e. The van der Waals surface area contributed by atoms with Gasteiger partial charge in [-0.05, 0) is 31.0 Å². The minimum atomic E-state index is -0.902. The van der Waals surface area contributed by atoms with Gasteiger partial charge in [0, 0.05) is 18.2 Å². The summed E-state index contributed by atoms with van der Waals surface area (Å²) in [5.41, 5.74) is 1.42. The molecular formula is C13H13F2N3O. The van der Waals surface area contributed by atoms with Crippen LogP contribution in [0.2, 0.25) is 0 Å². The number of carbonyl (C=O) groups is 1. The number of aromatic amines is 1. The number of aryl methyl sites for hydroxylation is 2. The maximum absolute atomic E-state index is 13.0. The van der Waals surface area contributed by atoms with Crippen molar-refractivity contribution in [3.8, 4) is 0 Å². The van der Waals surface area contributed by atoms with E-state index in [2.05, 4.69) is 15.5 Å². The molecule has 2 N–H and O–H groups in total. The van der Waals surface area contributed by atoms with Gasteiger partial charge in [-0.2, -0.15) is 5.10 Å². The van der Waals surface area contributed by atoms with Gasteiger partial charge < -0.3 is 5.32 Å². The number of carbonyl (C=O) groups excluding carboxylic acids is 1. The first kappa shape index (κ1) is 13.2. The highest BCUT2D eigenvalue weighted by molar-refractivity contribution is 5.89. The van der Waals surface area contributed by atoms with Crippen LogP contribution >= 0.6 is 0 Å². The largest absolute Gasteiger partial charge is 0.309 e. The quantitative estimate of drug-likeness (QED) is 0.892. The number of anilines is 1. The molecule has 2 aromatic rings. The van der Waals surface area contributed by atoms with Crippen molar-refractivity contribution in [2.24, 2.45) is 0 Å². The first-order valence-electron chi connectivity index (χ1n) is 5.80. The lowest BCUT2D eigenvalue weighted by molar-refractivity contribution is -0.116. The molecule has 0 aliphatic carbocycles. The summed E-state index contributed by atoms with van der Waals surface area (Å²) in [6.45, 7) is 1.82. The van der Waals surface area contributed by atoms with Gasteiger partial charge in [0.1, 0.15) is 0 Å². The predicted molar refractivity (Wildman–Crippen MR) is 66.6 cm³/mol. The van der Waals surface area contributed by atoms with Gasteiger partial charge in [0.2, 0.25) is 5.91 Å². The summed E-state index contributed by atoms with van der Waals surface area (Å²) in [5.74, 6) is -1.56. The summed E-state index contributed by atoms with van der Waals surface area (Å²) in [5, 5.41) is 9.19. The zero-order chi connectivity index (χ0) is 13.8. The Hall–Kier alpha value is -2.24. The lowest BCUT2D eigenvalue weighted by atomic mass is 10.1. The van der Waals surface area contributed by atoms with Crippen LogP contribution in [0, 0.1) is 18.6 Å². The van der Waals surface area contributed by atoms with Crippen LogP contribution in [0.5, 0.6) is 0 Å². The normalized spacial score (nSPS) is 10.5. The van der Waals surface area contributed by atoms with E-state index in [1.54, 1.807) is 6.07 Å². The van der Waals surface area contributed by atoms with Gasteiger partial charge in [0.05, 0.1) is 0 Å². The molecule has 0 unspecified atom stereocenters. The number of nitrogens with one attached hydrogen (secondary N) is 2. The first-order chi connectivity index (χ1) is 9.04. The van der Waals surface area contributed by atoms with Crippen molar-refractivity contribution >= 4 is 11.7 Å². The molecule has 100 valence electrons. The number of hydrogen-bond acceptors (Lipinski definition) is 2. The Balaban J connectivity index is 1.88. The number of amides is 1. The summed E-state index contributed by atoms with van der Waals surface area (Å²) in [6.07, 6.45) is 0.517. The molecule has 1 aromatic carbocycles. The summed E-state index contributed by atoms with van der Waals surface area (Å²) in [4.78, 5) is 11.6. The molecule has 19 heavy (non-hydrogen) atoms. The fourth-order valence-electron chi connectivity index (χ4n) is 1.64. The lowest BCUT2D eigenvalue weighted by Crippen LogP contribution is -2.12. The van der Waals surface area contributed by atoms with Gasteiger partial charge in [-0.1, -0.05) is 6.07 Å². The van der Waals surface area contributed by atoms with E-state index in [4.69, 9.17) is 0 Å². The van der Waals surface area contributed by atoms with Crippen LogP contribution in [0.3, 0.4) is 0 Å². The number of hydrogen-bond donors (Lipinski definition) is 2. The number of benzene rings is 1. The second-order valence-electron chi connectivity index (χ2n) is 4.23. The molecule has 0 spiro atoms. The van der Waals surface area contributed by atoms with Crippen molar-refractivity contribution in [1.82, 2.24) is 10.2 Å². The van der Waals surface area contributed by atoms with E-state index in [-0.39, 0.29) is 12.3 Å². The highest BCUT2D eigenvalue weighted by atomic mass is 19.2. The molecule has 1 aromatic heterocycles. The van der Waals surface area contributed by atoms with E-state index in [1.807, 2.05) is 6.92 Å². The Kier molecular flexibility index (Phi) is 3.89. The molecule has 0 bridgehead atoms. The van der Waals surface area contributed by atoms with Crippen LogP contribution in [0.25, 0.3) is 0 Å². The number of nitrogens with zero attached hydrogens (tertiary/aromatic N) is 1. The van der Waals surface area contributed by atoms with Gasteiger partial charge in [0.15, 0.2) is 17.5 Å². The van der Waals surface area contributed by atoms with Crippen molar-refractivity contribution in [3.63, 3.8) is 0 Å². The van der Waals surface area contributed by atoms with E-state index in [0.717, 1.165) is 17.8 Å². The zero-order valence-electron chi connectivity index (χ0n) is 10.3. The molecule has 0 atom stereocenters. The Morgan fingerprint density at radius 3 is 2.74 bits per heavy atom. The van der Waals surface area contributed by atoms with Gasteiger partial charge in [-0.3, -0.25) is 9.89 Å². The topological polar surface area (TPSA) is 57.8 Å². The third-order valence-electron chi connectivity index (χ3n) is 2.60. The molecule has 0 aliphatic rings. The molecular weight excluding hydrogens is 252 g/mol. The van der Waals surface area contributed by atoms with Gasteiger partial charge in [-0.15, -0.1) is 0 Å². The van der Waals surface area contributed by atoms with Crippen LogP contribution in [0.1, 0.15) is 17.7 Å². The minimum absolute atomic E-state index is 0.178. The Morgan fingerprint density at radius 2 is 2.11 bits per heavy atom. The van der Waals surface area contributed by atoms with Crippen LogP contribution in [-0.2, 0) is 11.2 Å². The molecule has 1 heterocycles. The summed E-state index contributed by atoms with van der Waals surface area (Å²) in [6, 6.07) is 5.32. The summed E-state index contributed by atoms with van der Waals surface area (Å²) >= 11 is 0. The van der Waals surface area contributed by atoms with Crippen LogP contribution in [0.15, 0.2) is 24.3 Å². The average molecular weight is 265 g/mol. The van der Waals surface area contributed by atoms with Crippen molar-refractivity contribution in [1.29, 1.82) is 0 Å². The number of aromatic nitrogens is 2. The van der Waals surface area contributed by atoms with E-state index in [9.17, 15) is 13.6 Å². The van der Waals surface area contributed by atoms with E-state index in [0.29, 0.717) is 17.8 Å². The van der Waals surface area contributed by atoms with Crippen molar-refractivity contribution < 1.29 is 13.6 Å². The Labute approximate surface area is 108 Å². The highest BCUT2D eigenvalue weighted by Crippen LogP contribution is 2.11. The Bertz CT molecular complexity index is 595. The number of rotatable bonds is 4. The third-order valence-corrected chi connectivity index (χ3v) is 2.60. The van der Waals surface area contributed by atoms with Crippen LogP contribution in [-0.4, -0.2) is 16.1 Å². The fourth-order valence-corrected chi connectivity index (χ4v) is 1.64. The maximum Gasteiger partial charge on any atom is 0.225 e. The van der Waals surface area contributed by atoms with E-state index in [1.165, 1.54) is 6.07 Å². The first-order valence-corrected chi connectivity index (χ1v) is 5.80. The maximum atomic E-state index is 13.0. The SMILES string of the molecule is Cc1cc(NC(=O)CCc2ccc(F)c(F)c2)n[nH]1. The number of H-pyrrole nitrogens is 1. The van der Waals surface area contributed by atoms with Crippen molar-refractivity contribution in [2.45, 2.75) is 19.8 Å². The van der Waals surface area contributed by atoms with Crippen LogP contribution in [0.4, 0.5) is 14.6 Å². The highest BCUT2D eigenvalue weighted by Gasteiger charge is 2.07. The predicted octanol–water partition coefficient (Wildman–Crippen LogP) is 2.57. The molecule has 2 rings (SSSR count). The summed E-state index contributed by atoms with van der Waals surface area (Å²) in [7, 11) is 0. The lowest BCUT2D eigenvalue weighted by Gasteiger charge is -2.03. The van der Waals surface area contributed by atoms with Gasteiger partial charge >= 0.3 is 0 Å². The monoisotopic (exact) mass is 265 g/mol. The Morgan fingerprint density at radius 1 is 1.32 bits per heavy atom. The standard InChI is InChI=1S/C13H13F2N3O/c1-8-6-12(18-17-8)16-13(19)5-3-9-2-4-10(14)11(15)7-9/h2,4,6-7H,3,5H2,1H3,(H2,16,17,18,19). The second-order valence-corrected chi connectivity index (χ2v) is 4.23. The molecule has 6 heteroatoms. The molecule has 0 radical (unpaired) electrons. The second kappa shape index (κ2) is 5.60. The molecule has 0 aliphatic heterocycles. The molecule has 0 fully saturated rings. The summed E-state index contributed by atoms with van der Waals surface area (Å²) < 4.78 is 25.7. The zero-order valence-corrected chi connectivity index (χ0v) is 10.3. The number of halogens is 2. The van der Waals surface area contributed by atoms with E-state index < -0.39 is 11.6 Å². The fraction of sp³-hybridized carbons (Fsp3) is 0.231. The van der Waals surface area contributed by atoms with Gasteiger partial charge in [-0.25, -0.2) is 8.78 Å². The molecule has 4 nitrogen and oxygen atoms in total. The molecule has 0 saturated heterocycles. The van der Waals surface area contributed by atoms with Crippen LogP contribution < -0.4 is 5.32 Å². The molecule has 0 saturated carbocycles. The van der Waals surface area contributed by atoms with Gasteiger partial charge in [0.25, 0.3) is 0 Å². The van der Waals surface area contributed by atoms with Crippen molar-refractivity contribution in [3.05, 3.63) is 47.2 Å². The molecule has 1 amide bonds. The van der Waals surface area contributed by atoms with Crippen molar-refractivity contribution in [2.75, 3.05) is 5.32 Å². The van der Waals surface area contributed by atoms with E-state index >= 15 is 0 Å². The third kappa shape index (κ3) is 3.61.